The molecule has 2 N–H and O–H groups in total. The van der Waals surface area contributed by atoms with Gasteiger partial charge >= 0.3 is 0 Å². The van der Waals surface area contributed by atoms with Crippen LogP contribution in [0, 0.1) is 17.5 Å². The minimum atomic E-state index is -4.13. The fourth-order valence-electron chi connectivity index (χ4n) is 2.01. The van der Waals surface area contributed by atoms with Gasteiger partial charge in [-0.2, -0.15) is 0 Å². The first kappa shape index (κ1) is 14.0. The minimum absolute atomic E-state index is 0.0701. The van der Waals surface area contributed by atoms with Gasteiger partial charge in [-0.3, -0.25) is 4.57 Å². The van der Waals surface area contributed by atoms with Crippen molar-refractivity contribution in [3.05, 3.63) is 29.6 Å². The number of nitrogens with zero attached hydrogens (tertiary/aromatic N) is 3. The van der Waals surface area contributed by atoms with Crippen molar-refractivity contribution in [2.45, 2.75) is 24.0 Å². The number of rotatable bonds is 3. The molecule has 1 heterocycles. The van der Waals surface area contributed by atoms with Crippen molar-refractivity contribution in [3.8, 4) is 11.4 Å². The topological polar surface area (TPSA) is 90.9 Å². The van der Waals surface area contributed by atoms with Crippen LogP contribution in [0.25, 0.3) is 11.4 Å². The smallest absolute Gasteiger partial charge is 0.273 e. The molecule has 1 aromatic heterocycles. The summed E-state index contributed by atoms with van der Waals surface area (Å²) < 4.78 is 63.7. The Hall–Kier alpha value is -1.94. The number of hydrogen-bond acceptors (Lipinski definition) is 4. The van der Waals surface area contributed by atoms with E-state index in [1.807, 2.05) is 0 Å². The minimum Gasteiger partial charge on any atom is -0.294 e. The largest absolute Gasteiger partial charge is 0.294 e. The molecule has 1 saturated carbocycles. The number of aromatic nitrogens is 3. The second-order valence-electron chi connectivity index (χ2n) is 4.71. The van der Waals surface area contributed by atoms with Gasteiger partial charge in [0.05, 0.1) is 0 Å². The van der Waals surface area contributed by atoms with Crippen LogP contribution < -0.4 is 5.14 Å². The summed E-state index contributed by atoms with van der Waals surface area (Å²) in [5.41, 5.74) is -0.110. The number of halogens is 3. The van der Waals surface area contributed by atoms with Crippen molar-refractivity contribution in [1.29, 1.82) is 0 Å². The molecule has 2 aromatic rings. The van der Waals surface area contributed by atoms with Crippen molar-refractivity contribution in [3.63, 3.8) is 0 Å². The van der Waals surface area contributed by atoms with E-state index < -0.39 is 32.6 Å². The summed E-state index contributed by atoms with van der Waals surface area (Å²) >= 11 is 0. The third kappa shape index (κ3) is 2.40. The van der Waals surface area contributed by atoms with Crippen LogP contribution in [-0.4, -0.2) is 23.2 Å². The van der Waals surface area contributed by atoms with E-state index in [1.54, 1.807) is 0 Å². The first-order chi connectivity index (χ1) is 9.79. The Kier molecular flexibility index (Phi) is 3.02. The Balaban J connectivity index is 2.22. The first-order valence-corrected chi connectivity index (χ1v) is 7.46. The third-order valence-corrected chi connectivity index (χ3v) is 3.86. The Bertz CT molecular complexity index is 807. The molecule has 112 valence electrons. The second kappa shape index (κ2) is 4.53. The lowest BCUT2D eigenvalue weighted by molar-refractivity contribution is 0.447. The summed E-state index contributed by atoms with van der Waals surface area (Å²) in [6, 6.07) is 1.25. The lowest BCUT2D eigenvalue weighted by Gasteiger charge is -2.08. The summed E-state index contributed by atoms with van der Waals surface area (Å²) in [6.07, 6.45) is 1.33. The maximum atomic E-state index is 13.3. The van der Waals surface area contributed by atoms with Gasteiger partial charge in [0, 0.05) is 11.6 Å². The van der Waals surface area contributed by atoms with Crippen molar-refractivity contribution < 1.29 is 21.6 Å². The number of sulfonamides is 1. The predicted molar refractivity (Wildman–Crippen MR) is 65.0 cm³/mol. The Morgan fingerprint density at radius 3 is 2.19 bits per heavy atom. The van der Waals surface area contributed by atoms with E-state index in [9.17, 15) is 21.6 Å². The van der Waals surface area contributed by atoms with E-state index in [-0.39, 0.29) is 17.4 Å². The quantitative estimate of drug-likeness (QED) is 0.865. The molecule has 0 radical (unpaired) electrons. The monoisotopic (exact) mass is 318 g/mol. The van der Waals surface area contributed by atoms with Gasteiger partial charge in [0.2, 0.25) is 0 Å². The van der Waals surface area contributed by atoms with Crippen LogP contribution in [0.2, 0.25) is 0 Å². The summed E-state index contributed by atoms with van der Waals surface area (Å²) in [4.78, 5) is 0. The van der Waals surface area contributed by atoms with Gasteiger partial charge in [-0.05, 0) is 25.0 Å². The predicted octanol–water partition coefficient (Wildman–Crippen LogP) is 1.34. The molecule has 0 aliphatic heterocycles. The number of primary sulfonamides is 1. The Morgan fingerprint density at radius 2 is 1.71 bits per heavy atom. The molecule has 1 fully saturated rings. The molecule has 0 unspecified atom stereocenters. The third-order valence-electron chi connectivity index (χ3n) is 3.07. The molecule has 1 aromatic carbocycles. The van der Waals surface area contributed by atoms with Crippen LogP contribution in [0.3, 0.4) is 0 Å². The Morgan fingerprint density at radius 1 is 1.14 bits per heavy atom. The fraction of sp³-hybridized carbons (Fsp3) is 0.273. The summed E-state index contributed by atoms with van der Waals surface area (Å²) in [5.74, 6) is -4.47. The van der Waals surface area contributed by atoms with Gasteiger partial charge in [-0.1, -0.05) is 0 Å². The molecular formula is C11H9F3N4O2S. The van der Waals surface area contributed by atoms with Gasteiger partial charge in [0.1, 0.15) is 0 Å². The van der Waals surface area contributed by atoms with Crippen LogP contribution >= 0.6 is 0 Å². The lowest BCUT2D eigenvalue weighted by Crippen LogP contribution is -2.18. The summed E-state index contributed by atoms with van der Waals surface area (Å²) in [5, 5.41) is 11.7. The number of benzene rings is 1. The fourth-order valence-corrected chi connectivity index (χ4v) is 2.68. The van der Waals surface area contributed by atoms with E-state index in [4.69, 9.17) is 5.14 Å². The average Bonchev–Trinajstić information content (AvgIpc) is 3.12. The van der Waals surface area contributed by atoms with Gasteiger partial charge < -0.3 is 0 Å². The SMILES string of the molecule is NS(=O)(=O)c1nnc(-c2cc(F)c(F)c(F)c2)n1C1CC1. The van der Waals surface area contributed by atoms with Crippen LogP contribution in [0.15, 0.2) is 17.3 Å². The molecule has 10 heteroatoms. The van der Waals surface area contributed by atoms with Crippen LogP contribution in [0.1, 0.15) is 18.9 Å². The average molecular weight is 318 g/mol. The first-order valence-electron chi connectivity index (χ1n) is 5.91. The highest BCUT2D eigenvalue weighted by atomic mass is 32.2. The van der Waals surface area contributed by atoms with Crippen molar-refractivity contribution in [1.82, 2.24) is 14.8 Å². The molecule has 0 amide bonds. The highest BCUT2D eigenvalue weighted by Gasteiger charge is 2.34. The lowest BCUT2D eigenvalue weighted by atomic mass is 10.2. The highest BCUT2D eigenvalue weighted by Crippen LogP contribution is 2.40. The van der Waals surface area contributed by atoms with Crippen LogP contribution in [0.4, 0.5) is 13.2 Å². The van der Waals surface area contributed by atoms with E-state index >= 15 is 0 Å². The van der Waals surface area contributed by atoms with Gasteiger partial charge in [0.25, 0.3) is 15.2 Å². The maximum absolute atomic E-state index is 13.3. The molecule has 0 bridgehead atoms. The standard InChI is InChI=1S/C11H9F3N4O2S/c12-7-3-5(4-8(13)9(7)14)10-16-17-11(21(15,19)20)18(10)6-1-2-6/h3-4,6H,1-2H2,(H2,15,19,20). The highest BCUT2D eigenvalue weighted by molar-refractivity contribution is 7.89. The summed E-state index contributed by atoms with van der Waals surface area (Å²) in [6.45, 7) is 0. The Labute approximate surface area is 117 Å². The van der Waals surface area contributed by atoms with E-state index in [0.29, 0.717) is 12.8 Å². The molecule has 1 aliphatic carbocycles. The molecule has 3 rings (SSSR count). The van der Waals surface area contributed by atoms with Crippen molar-refractivity contribution in [2.24, 2.45) is 5.14 Å². The molecule has 0 atom stereocenters. The van der Waals surface area contributed by atoms with Gasteiger partial charge in [-0.25, -0.2) is 26.7 Å². The zero-order valence-electron chi connectivity index (χ0n) is 10.4. The van der Waals surface area contributed by atoms with Crippen LogP contribution in [0.5, 0.6) is 0 Å². The van der Waals surface area contributed by atoms with Gasteiger partial charge in [-0.15, -0.1) is 10.2 Å². The van der Waals surface area contributed by atoms with E-state index in [0.717, 1.165) is 12.1 Å². The van der Waals surface area contributed by atoms with Gasteiger partial charge in [0.15, 0.2) is 23.3 Å². The molecule has 0 saturated heterocycles. The molecule has 21 heavy (non-hydrogen) atoms. The number of hydrogen-bond donors (Lipinski definition) is 1. The zero-order valence-corrected chi connectivity index (χ0v) is 11.2. The number of nitrogens with two attached hydrogens (primary N) is 1. The molecule has 6 nitrogen and oxygen atoms in total. The normalized spacial score (nSPS) is 15.4. The maximum Gasteiger partial charge on any atom is 0.273 e. The molecular weight excluding hydrogens is 309 g/mol. The van der Waals surface area contributed by atoms with E-state index in [1.165, 1.54) is 4.57 Å². The molecule has 1 aliphatic rings. The van der Waals surface area contributed by atoms with Crippen LogP contribution in [-0.2, 0) is 10.0 Å². The van der Waals surface area contributed by atoms with E-state index in [2.05, 4.69) is 10.2 Å². The second-order valence-corrected chi connectivity index (χ2v) is 6.16. The van der Waals surface area contributed by atoms with Crippen molar-refractivity contribution in [2.75, 3.05) is 0 Å². The zero-order chi connectivity index (χ0) is 15.4. The summed E-state index contributed by atoms with van der Waals surface area (Å²) in [7, 11) is -4.13. The molecule has 0 spiro atoms. The van der Waals surface area contributed by atoms with Crippen molar-refractivity contribution >= 4 is 10.0 Å².